The van der Waals surface area contributed by atoms with Crippen molar-refractivity contribution in [2.75, 3.05) is 0 Å². The minimum atomic E-state index is -0.629. The number of aromatic nitrogens is 2. The van der Waals surface area contributed by atoms with E-state index in [4.69, 9.17) is 11.6 Å². The van der Waals surface area contributed by atoms with Crippen LogP contribution in [0.5, 0.6) is 0 Å². The van der Waals surface area contributed by atoms with E-state index in [0.717, 1.165) is 11.3 Å². The van der Waals surface area contributed by atoms with Crippen molar-refractivity contribution < 1.29 is 5.11 Å². The summed E-state index contributed by atoms with van der Waals surface area (Å²) in [7, 11) is 0. The second-order valence-electron chi connectivity index (χ2n) is 4.41. The van der Waals surface area contributed by atoms with Gasteiger partial charge in [0.25, 0.3) is 0 Å². The third kappa shape index (κ3) is 2.08. The molecule has 3 rings (SSSR count). The predicted octanol–water partition coefficient (Wildman–Crippen LogP) is 2.95. The molecule has 88 valence electrons. The normalized spacial score (nSPS) is 17.1. The van der Waals surface area contributed by atoms with Crippen molar-refractivity contribution in [2.45, 2.75) is 25.0 Å². The number of hydrogen-bond donors (Lipinski definition) is 1. The van der Waals surface area contributed by atoms with Gasteiger partial charge in [-0.3, -0.25) is 0 Å². The molecule has 4 heteroatoms. The Morgan fingerprint density at radius 1 is 1.29 bits per heavy atom. The van der Waals surface area contributed by atoms with Gasteiger partial charge in [0.05, 0.1) is 18.2 Å². The number of imidazole rings is 1. The zero-order valence-electron chi connectivity index (χ0n) is 9.25. The standard InChI is InChI=1S/C13H13ClN2O/c14-10-3-1-9(2-4-10)13(17)12-7-15-8-16(12)11-5-6-11/h1-4,7-8,11,13,17H,5-6H2. The largest absolute Gasteiger partial charge is 0.382 e. The van der Waals surface area contributed by atoms with Gasteiger partial charge in [0.15, 0.2) is 0 Å². The number of rotatable bonds is 3. The number of hydrogen-bond acceptors (Lipinski definition) is 2. The lowest BCUT2D eigenvalue weighted by Crippen LogP contribution is -2.06. The Labute approximate surface area is 105 Å². The van der Waals surface area contributed by atoms with E-state index < -0.39 is 6.10 Å². The highest BCUT2D eigenvalue weighted by atomic mass is 35.5. The van der Waals surface area contributed by atoms with Crippen LogP contribution in [0, 0.1) is 0 Å². The Bertz CT molecular complexity index is 516. The number of nitrogens with zero attached hydrogens (tertiary/aromatic N) is 2. The van der Waals surface area contributed by atoms with Crippen LogP contribution in [0.1, 0.15) is 36.2 Å². The molecule has 0 spiro atoms. The summed E-state index contributed by atoms with van der Waals surface area (Å²) in [6, 6.07) is 7.79. The predicted molar refractivity (Wildman–Crippen MR) is 66.0 cm³/mol. The van der Waals surface area contributed by atoms with Crippen LogP contribution < -0.4 is 0 Å². The van der Waals surface area contributed by atoms with Crippen molar-refractivity contribution >= 4 is 11.6 Å². The first-order valence-corrected chi connectivity index (χ1v) is 6.09. The quantitative estimate of drug-likeness (QED) is 0.907. The molecule has 1 unspecified atom stereocenters. The zero-order chi connectivity index (χ0) is 11.8. The second-order valence-corrected chi connectivity index (χ2v) is 4.85. The first-order chi connectivity index (χ1) is 8.25. The Balaban J connectivity index is 1.92. The average molecular weight is 249 g/mol. The minimum absolute atomic E-state index is 0.523. The Hall–Kier alpha value is -1.32. The van der Waals surface area contributed by atoms with Crippen LogP contribution in [-0.4, -0.2) is 14.7 Å². The van der Waals surface area contributed by atoms with Gasteiger partial charge in [0.1, 0.15) is 6.10 Å². The van der Waals surface area contributed by atoms with Crippen LogP contribution in [0.2, 0.25) is 5.02 Å². The maximum absolute atomic E-state index is 10.3. The molecule has 1 saturated carbocycles. The van der Waals surface area contributed by atoms with Crippen molar-refractivity contribution in [1.82, 2.24) is 9.55 Å². The van der Waals surface area contributed by atoms with Crippen LogP contribution >= 0.6 is 11.6 Å². The van der Waals surface area contributed by atoms with Crippen molar-refractivity contribution in [3.8, 4) is 0 Å². The van der Waals surface area contributed by atoms with Crippen LogP contribution in [0.25, 0.3) is 0 Å². The highest BCUT2D eigenvalue weighted by Gasteiger charge is 2.27. The molecule has 3 nitrogen and oxygen atoms in total. The van der Waals surface area contributed by atoms with Crippen LogP contribution in [-0.2, 0) is 0 Å². The molecule has 0 saturated heterocycles. The SMILES string of the molecule is OC(c1ccc(Cl)cc1)c1cncn1C1CC1. The highest BCUT2D eigenvalue weighted by Crippen LogP contribution is 2.37. The summed E-state index contributed by atoms with van der Waals surface area (Å²) in [5.74, 6) is 0. The van der Waals surface area contributed by atoms with Gasteiger partial charge >= 0.3 is 0 Å². The first-order valence-electron chi connectivity index (χ1n) is 5.71. The molecular formula is C13H13ClN2O. The molecule has 1 atom stereocenters. The fourth-order valence-corrected chi connectivity index (χ4v) is 2.13. The molecule has 1 fully saturated rings. The third-order valence-corrected chi connectivity index (χ3v) is 3.35. The monoisotopic (exact) mass is 248 g/mol. The van der Waals surface area contributed by atoms with Gasteiger partial charge in [0.2, 0.25) is 0 Å². The van der Waals surface area contributed by atoms with Gasteiger partial charge in [-0.2, -0.15) is 0 Å². The lowest BCUT2D eigenvalue weighted by Gasteiger charge is -2.13. The second kappa shape index (κ2) is 4.17. The first kappa shape index (κ1) is 10.8. The average Bonchev–Trinajstić information content (AvgIpc) is 3.07. The summed E-state index contributed by atoms with van der Waals surface area (Å²) in [6.45, 7) is 0. The lowest BCUT2D eigenvalue weighted by molar-refractivity contribution is 0.210. The summed E-state index contributed by atoms with van der Waals surface area (Å²) in [4.78, 5) is 4.12. The molecule has 0 amide bonds. The van der Waals surface area contributed by atoms with E-state index in [-0.39, 0.29) is 0 Å². The van der Waals surface area contributed by atoms with E-state index in [1.807, 2.05) is 12.1 Å². The Morgan fingerprint density at radius 3 is 2.65 bits per heavy atom. The maximum Gasteiger partial charge on any atom is 0.121 e. The summed E-state index contributed by atoms with van der Waals surface area (Å²) in [5, 5.41) is 11.0. The van der Waals surface area contributed by atoms with Gasteiger partial charge in [-0.05, 0) is 30.5 Å². The highest BCUT2D eigenvalue weighted by molar-refractivity contribution is 6.30. The molecule has 1 aliphatic carbocycles. The Kier molecular flexibility index (Phi) is 2.65. The molecule has 0 bridgehead atoms. The van der Waals surface area contributed by atoms with Crippen LogP contribution in [0.15, 0.2) is 36.8 Å². The number of halogens is 1. The van der Waals surface area contributed by atoms with Gasteiger partial charge < -0.3 is 9.67 Å². The molecular weight excluding hydrogens is 236 g/mol. The van der Waals surface area contributed by atoms with E-state index in [0.29, 0.717) is 11.1 Å². The Morgan fingerprint density at radius 2 is 2.00 bits per heavy atom. The number of aliphatic hydroxyl groups excluding tert-OH is 1. The summed E-state index contributed by atoms with van der Waals surface area (Å²) >= 11 is 5.83. The van der Waals surface area contributed by atoms with Crippen LogP contribution in [0.3, 0.4) is 0 Å². The zero-order valence-corrected chi connectivity index (χ0v) is 10.0. The molecule has 17 heavy (non-hydrogen) atoms. The summed E-state index contributed by atoms with van der Waals surface area (Å²) < 4.78 is 2.07. The van der Waals surface area contributed by atoms with Gasteiger partial charge in [-0.25, -0.2) is 4.98 Å². The minimum Gasteiger partial charge on any atom is -0.382 e. The van der Waals surface area contributed by atoms with Crippen LogP contribution in [0.4, 0.5) is 0 Å². The molecule has 0 aliphatic heterocycles. The molecule has 1 aromatic heterocycles. The molecule has 1 heterocycles. The lowest BCUT2D eigenvalue weighted by atomic mass is 10.1. The maximum atomic E-state index is 10.3. The van der Waals surface area contributed by atoms with Gasteiger partial charge in [0, 0.05) is 11.1 Å². The van der Waals surface area contributed by atoms with Crippen molar-refractivity contribution in [3.05, 3.63) is 53.1 Å². The summed E-state index contributed by atoms with van der Waals surface area (Å²) in [5.41, 5.74) is 1.70. The van der Waals surface area contributed by atoms with E-state index in [1.165, 1.54) is 12.8 Å². The smallest absolute Gasteiger partial charge is 0.121 e. The van der Waals surface area contributed by atoms with Crippen molar-refractivity contribution in [1.29, 1.82) is 0 Å². The van der Waals surface area contributed by atoms with Gasteiger partial charge in [-0.15, -0.1) is 0 Å². The molecule has 1 aliphatic rings. The number of aliphatic hydroxyl groups is 1. The molecule has 1 N–H and O–H groups in total. The van der Waals surface area contributed by atoms with E-state index in [2.05, 4.69) is 9.55 Å². The fraction of sp³-hybridized carbons (Fsp3) is 0.308. The molecule has 1 aromatic carbocycles. The third-order valence-electron chi connectivity index (χ3n) is 3.10. The van der Waals surface area contributed by atoms with E-state index in [1.54, 1.807) is 24.7 Å². The van der Waals surface area contributed by atoms with E-state index in [9.17, 15) is 5.11 Å². The van der Waals surface area contributed by atoms with Crippen molar-refractivity contribution in [2.24, 2.45) is 0 Å². The fourth-order valence-electron chi connectivity index (χ4n) is 2.00. The topological polar surface area (TPSA) is 38.1 Å². The van der Waals surface area contributed by atoms with Gasteiger partial charge in [-0.1, -0.05) is 23.7 Å². The molecule has 0 radical (unpaired) electrons. The number of benzene rings is 1. The van der Waals surface area contributed by atoms with Crippen molar-refractivity contribution in [3.63, 3.8) is 0 Å². The van der Waals surface area contributed by atoms with E-state index >= 15 is 0 Å². The summed E-state index contributed by atoms with van der Waals surface area (Å²) in [6.07, 6.45) is 5.26. The molecule has 2 aromatic rings.